The molecule has 0 fully saturated rings. The van der Waals surface area contributed by atoms with Gasteiger partial charge in [0, 0.05) is 36.4 Å². The van der Waals surface area contributed by atoms with E-state index in [0.29, 0.717) is 42.0 Å². The molecular formula is C28H31NO6. The monoisotopic (exact) mass is 477 g/mol. The van der Waals surface area contributed by atoms with E-state index in [2.05, 4.69) is 5.32 Å². The number of hydrogen-bond donors (Lipinski definition) is 1. The number of benzene rings is 2. The van der Waals surface area contributed by atoms with Crippen molar-refractivity contribution in [2.24, 2.45) is 0 Å². The predicted molar refractivity (Wildman–Crippen MR) is 131 cm³/mol. The second-order valence-corrected chi connectivity index (χ2v) is 8.70. The van der Waals surface area contributed by atoms with Crippen LogP contribution in [0, 0.1) is 0 Å². The van der Waals surface area contributed by atoms with Crippen LogP contribution in [0.5, 0.6) is 11.5 Å². The highest BCUT2D eigenvalue weighted by molar-refractivity contribution is 6.04. The molecule has 0 spiro atoms. The summed E-state index contributed by atoms with van der Waals surface area (Å²) in [6, 6.07) is 15.3. The standard InChI is InChI=1S/C28H31NO6/c1-17-25(28(31)35-13-12-32-2)26(19-6-5-7-22(14-19)34-4)27-23(29-17)15-20(16-24(27)30)18-8-10-21(33-3)11-9-18/h5-11,14,20,26,29H,12-13,15-16H2,1-4H3/t20-,26+/m0/s1. The normalized spacial score (nSPS) is 19.7. The maximum Gasteiger partial charge on any atom is 0.336 e. The van der Waals surface area contributed by atoms with Crippen molar-refractivity contribution >= 4 is 11.8 Å². The third-order valence-electron chi connectivity index (χ3n) is 6.58. The first-order valence-electron chi connectivity index (χ1n) is 11.6. The summed E-state index contributed by atoms with van der Waals surface area (Å²) in [5.74, 6) is 0.486. The minimum absolute atomic E-state index is 0.0158. The summed E-state index contributed by atoms with van der Waals surface area (Å²) in [4.78, 5) is 26.9. The lowest BCUT2D eigenvalue weighted by molar-refractivity contribution is -0.140. The molecule has 0 unspecified atom stereocenters. The molecule has 7 heteroatoms. The van der Waals surface area contributed by atoms with Gasteiger partial charge in [-0.2, -0.15) is 0 Å². The number of methoxy groups -OCH3 is 3. The molecule has 2 atom stereocenters. The number of esters is 1. The summed E-state index contributed by atoms with van der Waals surface area (Å²) in [5.41, 5.74) is 4.48. The maximum absolute atomic E-state index is 13.7. The molecule has 0 radical (unpaired) electrons. The molecule has 1 aliphatic carbocycles. The molecule has 0 saturated heterocycles. The van der Waals surface area contributed by atoms with Gasteiger partial charge in [0.25, 0.3) is 0 Å². The van der Waals surface area contributed by atoms with Gasteiger partial charge in [0.2, 0.25) is 0 Å². The van der Waals surface area contributed by atoms with Crippen molar-refractivity contribution in [2.75, 3.05) is 34.5 Å². The molecule has 0 amide bonds. The van der Waals surface area contributed by atoms with Gasteiger partial charge in [0.1, 0.15) is 18.1 Å². The maximum atomic E-state index is 13.7. The van der Waals surface area contributed by atoms with Crippen LogP contribution in [-0.4, -0.2) is 46.3 Å². The topological polar surface area (TPSA) is 83.1 Å². The Morgan fingerprint density at radius 3 is 2.37 bits per heavy atom. The van der Waals surface area contributed by atoms with Gasteiger partial charge < -0.3 is 24.3 Å². The van der Waals surface area contributed by atoms with Crippen molar-refractivity contribution in [2.45, 2.75) is 31.6 Å². The Hall–Kier alpha value is -3.58. The summed E-state index contributed by atoms with van der Waals surface area (Å²) >= 11 is 0. The SMILES string of the molecule is COCCOC(=O)C1=C(C)NC2=C(C(=O)C[C@@H](c3ccc(OC)cc3)C2)[C@@H]1c1cccc(OC)c1. The summed E-state index contributed by atoms with van der Waals surface area (Å²) in [7, 11) is 4.78. The zero-order valence-electron chi connectivity index (χ0n) is 20.6. The van der Waals surface area contributed by atoms with E-state index in [1.807, 2.05) is 55.5 Å². The van der Waals surface area contributed by atoms with E-state index < -0.39 is 11.9 Å². The van der Waals surface area contributed by atoms with Gasteiger partial charge in [-0.15, -0.1) is 0 Å². The summed E-state index contributed by atoms with van der Waals surface area (Å²) in [5, 5.41) is 3.37. The van der Waals surface area contributed by atoms with E-state index in [0.717, 1.165) is 22.6 Å². The van der Waals surface area contributed by atoms with Crippen LogP contribution < -0.4 is 14.8 Å². The van der Waals surface area contributed by atoms with Gasteiger partial charge in [-0.3, -0.25) is 4.79 Å². The van der Waals surface area contributed by atoms with E-state index in [1.165, 1.54) is 0 Å². The van der Waals surface area contributed by atoms with E-state index in [4.69, 9.17) is 18.9 Å². The molecule has 1 aliphatic heterocycles. The second kappa shape index (κ2) is 10.8. The fourth-order valence-electron chi connectivity index (χ4n) is 4.87. The Morgan fingerprint density at radius 2 is 1.69 bits per heavy atom. The summed E-state index contributed by atoms with van der Waals surface area (Å²) in [6.45, 7) is 2.29. The first-order valence-corrected chi connectivity index (χ1v) is 11.6. The van der Waals surface area contributed by atoms with Gasteiger partial charge in [0.05, 0.1) is 26.4 Å². The molecule has 7 nitrogen and oxygen atoms in total. The van der Waals surface area contributed by atoms with Crippen molar-refractivity contribution in [3.05, 3.63) is 82.2 Å². The van der Waals surface area contributed by atoms with Gasteiger partial charge in [-0.25, -0.2) is 4.79 Å². The zero-order valence-corrected chi connectivity index (χ0v) is 20.6. The van der Waals surface area contributed by atoms with Crippen LogP contribution in [-0.2, 0) is 19.1 Å². The molecule has 1 heterocycles. The Bertz CT molecular complexity index is 1160. The molecule has 184 valence electrons. The number of Topliss-reactive ketones (excluding diaryl/α,β-unsaturated/α-hetero) is 1. The molecule has 35 heavy (non-hydrogen) atoms. The lowest BCUT2D eigenvalue weighted by Gasteiger charge is -2.36. The molecular weight excluding hydrogens is 446 g/mol. The molecule has 4 rings (SSSR count). The van der Waals surface area contributed by atoms with Crippen LogP contribution in [0.4, 0.5) is 0 Å². The number of allylic oxidation sites excluding steroid dienone is 3. The predicted octanol–water partition coefficient (Wildman–Crippen LogP) is 4.26. The van der Waals surface area contributed by atoms with E-state index in [9.17, 15) is 9.59 Å². The largest absolute Gasteiger partial charge is 0.497 e. The van der Waals surface area contributed by atoms with Gasteiger partial charge >= 0.3 is 5.97 Å². The fraction of sp³-hybridized carbons (Fsp3) is 0.357. The van der Waals surface area contributed by atoms with Crippen molar-refractivity contribution < 1.29 is 28.5 Å². The highest BCUT2D eigenvalue weighted by Gasteiger charge is 2.41. The summed E-state index contributed by atoms with van der Waals surface area (Å²) < 4.78 is 21.2. The van der Waals surface area contributed by atoms with Gasteiger partial charge in [0.15, 0.2) is 5.78 Å². The average Bonchev–Trinajstić information content (AvgIpc) is 2.87. The minimum atomic E-state index is -0.541. The van der Waals surface area contributed by atoms with Crippen molar-refractivity contribution in [1.29, 1.82) is 0 Å². The number of dihydropyridines is 1. The number of carbonyl (C=O) groups excluding carboxylic acids is 2. The lowest BCUT2D eigenvalue weighted by atomic mass is 9.71. The van der Waals surface area contributed by atoms with Gasteiger partial charge in [-0.05, 0) is 54.7 Å². The molecule has 2 aromatic rings. The smallest absolute Gasteiger partial charge is 0.336 e. The number of rotatable bonds is 8. The molecule has 0 saturated carbocycles. The Morgan fingerprint density at radius 1 is 0.943 bits per heavy atom. The summed E-state index contributed by atoms with van der Waals surface area (Å²) in [6.07, 6.45) is 1.02. The Kier molecular flexibility index (Phi) is 7.56. The van der Waals surface area contributed by atoms with E-state index in [-0.39, 0.29) is 18.3 Å². The highest BCUT2D eigenvalue weighted by Crippen LogP contribution is 2.46. The number of ether oxygens (including phenoxy) is 4. The Balaban J connectivity index is 1.74. The quantitative estimate of drug-likeness (QED) is 0.449. The number of hydrogen-bond acceptors (Lipinski definition) is 7. The van der Waals surface area contributed by atoms with Crippen LogP contribution in [0.15, 0.2) is 71.1 Å². The minimum Gasteiger partial charge on any atom is -0.497 e. The number of carbonyl (C=O) groups is 2. The first-order chi connectivity index (χ1) is 17.0. The van der Waals surface area contributed by atoms with E-state index in [1.54, 1.807) is 21.3 Å². The van der Waals surface area contributed by atoms with Crippen LogP contribution in [0.25, 0.3) is 0 Å². The molecule has 0 bridgehead atoms. The number of nitrogens with one attached hydrogen (secondary N) is 1. The van der Waals surface area contributed by atoms with Crippen LogP contribution >= 0.6 is 0 Å². The fourth-order valence-corrected chi connectivity index (χ4v) is 4.87. The highest BCUT2D eigenvalue weighted by atomic mass is 16.6. The molecule has 2 aliphatic rings. The van der Waals surface area contributed by atoms with Crippen molar-refractivity contribution in [3.63, 3.8) is 0 Å². The van der Waals surface area contributed by atoms with Crippen LogP contribution in [0.3, 0.4) is 0 Å². The first kappa shape index (κ1) is 24.5. The average molecular weight is 478 g/mol. The lowest BCUT2D eigenvalue weighted by Crippen LogP contribution is -2.36. The van der Waals surface area contributed by atoms with Crippen molar-refractivity contribution in [1.82, 2.24) is 5.32 Å². The van der Waals surface area contributed by atoms with Gasteiger partial charge in [-0.1, -0.05) is 24.3 Å². The third-order valence-corrected chi connectivity index (χ3v) is 6.58. The van der Waals surface area contributed by atoms with Crippen LogP contribution in [0.2, 0.25) is 0 Å². The third kappa shape index (κ3) is 5.10. The molecule has 1 N–H and O–H groups in total. The molecule has 0 aromatic heterocycles. The second-order valence-electron chi connectivity index (χ2n) is 8.70. The Labute approximate surface area is 205 Å². The van der Waals surface area contributed by atoms with Crippen molar-refractivity contribution in [3.8, 4) is 11.5 Å². The number of ketones is 1. The zero-order chi connectivity index (χ0) is 24.9. The molecule has 2 aromatic carbocycles. The van der Waals surface area contributed by atoms with E-state index >= 15 is 0 Å². The van der Waals surface area contributed by atoms with Crippen LogP contribution in [0.1, 0.15) is 42.7 Å².